The van der Waals surface area contributed by atoms with Gasteiger partial charge in [0.2, 0.25) is 22.1 Å². The predicted octanol–water partition coefficient (Wildman–Crippen LogP) is 1.50. The summed E-state index contributed by atoms with van der Waals surface area (Å²) in [5.74, 6) is 0. The molecule has 0 bridgehead atoms. The molecule has 36 heteroatoms. The van der Waals surface area contributed by atoms with E-state index in [-0.39, 0.29) is 25.7 Å². The van der Waals surface area contributed by atoms with Gasteiger partial charge in [-0.1, -0.05) is 27.7 Å². The molecule has 1 aliphatic heterocycles. The molecule has 1 saturated heterocycles. The van der Waals surface area contributed by atoms with E-state index < -0.39 is 162 Å². The maximum absolute atomic E-state index is 13.6. The first-order valence-corrected chi connectivity index (χ1v) is 31.5. The Balaban J connectivity index is 4.38. The van der Waals surface area contributed by atoms with Crippen molar-refractivity contribution in [1.29, 1.82) is 0 Å². The zero-order chi connectivity index (χ0) is 46.8. The minimum atomic E-state index is -5.88. The van der Waals surface area contributed by atoms with Gasteiger partial charge in [-0.2, -0.15) is 0 Å². The highest BCUT2D eigenvalue weighted by molar-refractivity contribution is 7.72. The molecular weight excluding hydrogens is 976 g/mol. The van der Waals surface area contributed by atoms with Gasteiger partial charge in [0.1, 0.15) is 0 Å². The molecule has 0 amide bonds. The van der Waals surface area contributed by atoms with Gasteiger partial charge in [-0.15, -0.1) is 0 Å². The van der Waals surface area contributed by atoms with Crippen LogP contribution in [0.1, 0.15) is 53.4 Å². The molecule has 1 rings (SSSR count). The fraction of sp³-hybridized carbons (Fsp3) is 1.00. The van der Waals surface area contributed by atoms with Crippen molar-refractivity contribution < 1.29 is 113 Å². The highest BCUT2D eigenvalue weighted by atomic mass is 31.3. The van der Waals surface area contributed by atoms with Gasteiger partial charge in [0.25, 0.3) is 0 Å². The standard InChI is InChI=1S/C24H60N4O24P8/c1-5-17-49-57(41,42)21(53(29,30)31)25-9-11-26(22(54(32,33)34)58(43,44)50-18-6-2)13-15-28(24(56(38,39)40)60(47,48)52-20-8-4)16-14-27(12-10-25)23(55(35,36)37)59(45,46)51-19-7-3/h21-24H,5-20H2,1-4H3,(H,41,42)(H,43,44)(H,45,46)(H,47,48)(H2,29,30,31)(H2,32,33,34)(H2,35,36,37)(H2,38,39,40). The lowest BCUT2D eigenvalue weighted by atomic mass is 10.3. The molecule has 8 unspecified atom stereocenters. The third-order valence-electron chi connectivity index (χ3n) is 8.30. The molecule has 8 atom stereocenters. The minimum Gasteiger partial charge on any atom is -0.323 e. The normalized spacial score (nSPS) is 23.5. The molecule has 0 aromatic rings. The Morgan fingerprint density at radius 1 is 0.333 bits per heavy atom. The molecule has 0 spiro atoms. The van der Waals surface area contributed by atoms with Gasteiger partial charge < -0.3 is 76.8 Å². The largest absolute Gasteiger partial charge is 0.357 e. The molecule has 28 nitrogen and oxygen atoms in total. The van der Waals surface area contributed by atoms with Gasteiger partial charge in [-0.05, 0) is 25.7 Å². The van der Waals surface area contributed by atoms with Crippen molar-refractivity contribution >= 4 is 60.8 Å². The van der Waals surface area contributed by atoms with Crippen LogP contribution in [-0.2, 0) is 54.6 Å². The summed E-state index contributed by atoms with van der Waals surface area (Å²) in [4.78, 5) is 129. The maximum Gasteiger partial charge on any atom is 0.357 e. The summed E-state index contributed by atoms with van der Waals surface area (Å²) in [6.45, 7) is -4.66. The molecule has 0 aromatic carbocycles. The first-order chi connectivity index (χ1) is 27.2. The summed E-state index contributed by atoms with van der Waals surface area (Å²) in [5.41, 5.74) is -11.4. The average Bonchev–Trinajstić information content (AvgIpc) is 3.06. The first kappa shape index (κ1) is 59.1. The number of rotatable bonds is 24. The summed E-state index contributed by atoms with van der Waals surface area (Å²) in [6.07, 6.45) is 0.156. The number of nitrogens with zero attached hydrogens (tertiary/aromatic N) is 4. The van der Waals surface area contributed by atoms with E-state index in [4.69, 9.17) is 18.1 Å². The Morgan fingerprint density at radius 3 is 0.567 bits per heavy atom. The minimum absolute atomic E-state index is 0.0391. The lowest BCUT2D eigenvalue weighted by Gasteiger charge is -2.42. The SMILES string of the molecule is CCCOP(=O)(O)C(N1CCN(C(P(=O)(O)O)P(=O)(O)OCCC)CCN(C(P(=O)(O)O)P(=O)(O)OCCC)CCN(C(P(=O)(O)O)P(=O)(O)OCCC)CC1)P(=O)(O)O. The van der Waals surface area contributed by atoms with Crippen LogP contribution in [0.15, 0.2) is 0 Å². The molecule has 360 valence electrons. The van der Waals surface area contributed by atoms with Crippen LogP contribution in [0.3, 0.4) is 0 Å². The summed E-state index contributed by atoms with van der Waals surface area (Å²) >= 11 is 0. The summed E-state index contributed by atoms with van der Waals surface area (Å²) < 4.78 is 126. The van der Waals surface area contributed by atoms with Crippen LogP contribution in [0, 0.1) is 0 Å². The Morgan fingerprint density at radius 2 is 0.467 bits per heavy atom. The smallest absolute Gasteiger partial charge is 0.323 e. The van der Waals surface area contributed by atoms with Gasteiger partial charge >= 0.3 is 60.8 Å². The van der Waals surface area contributed by atoms with E-state index >= 15 is 0 Å². The quantitative estimate of drug-likeness (QED) is 0.0609. The van der Waals surface area contributed by atoms with E-state index in [1.54, 1.807) is 0 Å². The van der Waals surface area contributed by atoms with Crippen LogP contribution in [0.2, 0.25) is 0 Å². The molecule has 0 radical (unpaired) electrons. The van der Waals surface area contributed by atoms with Crippen LogP contribution >= 0.6 is 60.8 Å². The van der Waals surface area contributed by atoms with Gasteiger partial charge in [-0.3, -0.25) is 56.1 Å². The van der Waals surface area contributed by atoms with Crippen molar-refractivity contribution in [1.82, 2.24) is 19.6 Å². The topological polar surface area (TPSA) is 429 Å². The highest BCUT2D eigenvalue weighted by Gasteiger charge is 2.55. The third-order valence-corrected chi connectivity index (χ3v) is 25.0. The molecule has 0 aromatic heterocycles. The van der Waals surface area contributed by atoms with E-state index in [2.05, 4.69) is 0 Å². The molecule has 0 saturated carbocycles. The Hall–Kier alpha value is 1.04. The van der Waals surface area contributed by atoms with Gasteiger partial charge in [0.15, 0.2) is 0 Å². The van der Waals surface area contributed by atoms with Crippen molar-refractivity contribution in [2.24, 2.45) is 0 Å². The van der Waals surface area contributed by atoms with Crippen molar-refractivity contribution in [3.63, 3.8) is 0 Å². The predicted molar refractivity (Wildman–Crippen MR) is 214 cm³/mol. The van der Waals surface area contributed by atoms with E-state index in [1.807, 2.05) is 0 Å². The van der Waals surface area contributed by atoms with Crippen LogP contribution in [0.25, 0.3) is 0 Å². The van der Waals surface area contributed by atoms with E-state index in [0.717, 1.165) is 0 Å². The molecule has 60 heavy (non-hydrogen) atoms. The summed E-state index contributed by atoms with van der Waals surface area (Å²) in [5, 5.41) is 0. The van der Waals surface area contributed by atoms with Gasteiger partial charge in [0, 0.05) is 52.4 Å². The van der Waals surface area contributed by atoms with E-state index in [0.29, 0.717) is 19.6 Å². The second kappa shape index (κ2) is 24.2. The van der Waals surface area contributed by atoms with Crippen LogP contribution in [-0.4, -0.2) is 179 Å². The highest BCUT2D eigenvalue weighted by Crippen LogP contribution is 2.68. The molecular formula is C24H60N4O24P8. The molecule has 1 fully saturated rings. The second-order valence-corrected chi connectivity index (χ2v) is 29.3. The monoisotopic (exact) mass is 1040 g/mol. The Bertz CT molecular complexity index is 1490. The van der Waals surface area contributed by atoms with Gasteiger partial charge in [0.05, 0.1) is 26.4 Å². The summed E-state index contributed by atoms with van der Waals surface area (Å²) in [7, 11) is -45.6. The fourth-order valence-corrected chi connectivity index (χ4v) is 20.4. The summed E-state index contributed by atoms with van der Waals surface area (Å²) in [6, 6.07) is 0. The van der Waals surface area contributed by atoms with Crippen LogP contribution < -0.4 is 0 Å². The molecule has 12 N–H and O–H groups in total. The number of hydrogen-bond acceptors (Lipinski definition) is 16. The molecule has 1 heterocycles. The lowest BCUT2D eigenvalue weighted by Crippen LogP contribution is -2.53. The lowest BCUT2D eigenvalue weighted by molar-refractivity contribution is 0.107. The van der Waals surface area contributed by atoms with Crippen molar-refractivity contribution in [3.8, 4) is 0 Å². The van der Waals surface area contributed by atoms with Crippen molar-refractivity contribution in [2.75, 3.05) is 78.8 Å². The molecule has 0 aliphatic carbocycles. The molecule has 1 aliphatic rings. The zero-order valence-electron chi connectivity index (χ0n) is 33.3. The maximum atomic E-state index is 13.6. The third kappa shape index (κ3) is 18.0. The van der Waals surface area contributed by atoms with Crippen LogP contribution in [0.5, 0.6) is 0 Å². The second-order valence-electron chi connectivity index (χ2n) is 13.5. The Labute approximate surface area is 347 Å². The van der Waals surface area contributed by atoms with Crippen LogP contribution in [0.4, 0.5) is 0 Å². The Kier molecular flexibility index (Phi) is 23.8. The zero-order valence-corrected chi connectivity index (χ0v) is 40.4. The van der Waals surface area contributed by atoms with Crippen molar-refractivity contribution in [2.45, 2.75) is 75.5 Å². The number of hydrogen-bond donors (Lipinski definition) is 12. The fourth-order valence-electron chi connectivity index (χ4n) is 5.99. The average molecular weight is 1040 g/mol. The van der Waals surface area contributed by atoms with E-state index in [9.17, 15) is 95.2 Å². The first-order valence-electron chi connectivity index (χ1n) is 18.2. The van der Waals surface area contributed by atoms with Gasteiger partial charge in [-0.25, -0.2) is 0 Å². The van der Waals surface area contributed by atoms with E-state index in [1.165, 1.54) is 27.7 Å². The van der Waals surface area contributed by atoms with Crippen molar-refractivity contribution in [3.05, 3.63) is 0 Å².